The smallest absolute Gasteiger partial charge is 0.295 e. The van der Waals surface area contributed by atoms with Crippen molar-refractivity contribution in [2.75, 3.05) is 0 Å². The molecule has 3 aromatic rings. The van der Waals surface area contributed by atoms with E-state index in [1.807, 2.05) is 6.07 Å². The van der Waals surface area contributed by atoms with Crippen LogP contribution in [-0.4, -0.2) is 15.0 Å². The summed E-state index contributed by atoms with van der Waals surface area (Å²) in [5, 5.41) is 21.6. The maximum atomic E-state index is 11.1. The highest BCUT2D eigenvalue weighted by Gasteiger charge is 2.16. The van der Waals surface area contributed by atoms with Crippen molar-refractivity contribution in [1.29, 1.82) is 0 Å². The summed E-state index contributed by atoms with van der Waals surface area (Å²) in [7, 11) is 0. The molecule has 0 atom stereocenters. The molecule has 1 N–H and O–H groups in total. The van der Waals surface area contributed by atoms with E-state index in [4.69, 9.17) is 0 Å². The summed E-state index contributed by atoms with van der Waals surface area (Å²) in [4.78, 5) is 16.2. The highest BCUT2D eigenvalue weighted by Crippen LogP contribution is 2.39. The lowest BCUT2D eigenvalue weighted by Gasteiger charge is -2.07. The maximum absolute atomic E-state index is 11.1. The third-order valence-corrected chi connectivity index (χ3v) is 4.13. The van der Waals surface area contributed by atoms with Crippen LogP contribution in [0.15, 0.2) is 64.5 Å². The van der Waals surface area contributed by atoms with Crippen molar-refractivity contribution in [1.82, 2.24) is 4.98 Å². The predicted octanol–water partition coefficient (Wildman–Crippen LogP) is 4.00. The summed E-state index contributed by atoms with van der Waals surface area (Å²) < 4.78 is 0. The van der Waals surface area contributed by atoms with E-state index in [1.165, 1.54) is 24.0 Å². The van der Waals surface area contributed by atoms with Gasteiger partial charge in [0.25, 0.3) is 5.69 Å². The van der Waals surface area contributed by atoms with Crippen molar-refractivity contribution in [3.63, 3.8) is 0 Å². The van der Waals surface area contributed by atoms with Crippen molar-refractivity contribution in [3.8, 4) is 5.75 Å². The molecule has 0 aliphatic carbocycles. The Labute approximate surface area is 124 Å². The Bertz CT molecular complexity index is 836. The van der Waals surface area contributed by atoms with Crippen LogP contribution < -0.4 is 0 Å². The first-order valence-electron chi connectivity index (χ1n) is 6.15. The second-order valence-corrected chi connectivity index (χ2v) is 5.39. The Kier molecular flexibility index (Phi) is 3.45. The van der Waals surface area contributed by atoms with Crippen LogP contribution in [0.3, 0.4) is 0 Å². The second kappa shape index (κ2) is 5.41. The van der Waals surface area contributed by atoms with Gasteiger partial charge >= 0.3 is 0 Å². The van der Waals surface area contributed by atoms with Crippen LogP contribution in [0.1, 0.15) is 0 Å². The summed E-state index contributed by atoms with van der Waals surface area (Å²) in [6, 6.07) is 13.6. The fourth-order valence-corrected chi connectivity index (χ4v) is 3.00. The molecule has 0 saturated carbocycles. The maximum Gasteiger partial charge on any atom is 0.295 e. The highest BCUT2D eigenvalue weighted by atomic mass is 32.2. The van der Waals surface area contributed by atoms with Gasteiger partial charge in [0.15, 0.2) is 0 Å². The number of aromatic nitrogens is 1. The molecule has 21 heavy (non-hydrogen) atoms. The van der Waals surface area contributed by atoms with Gasteiger partial charge in [-0.15, -0.1) is 0 Å². The predicted molar refractivity (Wildman–Crippen MR) is 80.6 cm³/mol. The van der Waals surface area contributed by atoms with Crippen LogP contribution in [0.5, 0.6) is 5.75 Å². The van der Waals surface area contributed by atoms with Gasteiger partial charge in [0.1, 0.15) is 11.3 Å². The number of fused-ring (bicyclic) bond motifs is 1. The molecule has 1 aromatic heterocycles. The SMILES string of the molecule is O=[N+]([O-])c1ccc(Sc2ccccc2O)c2cccnc12. The van der Waals surface area contributed by atoms with Gasteiger partial charge in [-0.3, -0.25) is 10.1 Å². The minimum Gasteiger partial charge on any atom is -0.507 e. The van der Waals surface area contributed by atoms with Crippen LogP contribution in [0.25, 0.3) is 10.9 Å². The molecule has 0 saturated heterocycles. The number of hydrogen-bond donors (Lipinski definition) is 1. The van der Waals surface area contributed by atoms with E-state index in [0.29, 0.717) is 15.8 Å². The molecule has 0 unspecified atom stereocenters. The lowest BCUT2D eigenvalue weighted by Crippen LogP contribution is -1.92. The van der Waals surface area contributed by atoms with Crippen molar-refractivity contribution in [2.45, 2.75) is 9.79 Å². The number of non-ortho nitro benzene ring substituents is 1. The van der Waals surface area contributed by atoms with Crippen molar-refractivity contribution >= 4 is 28.4 Å². The standard InChI is InChI=1S/C15H10N2O3S/c18-12-5-1-2-6-14(12)21-13-8-7-11(17(19)20)15-10(13)4-3-9-16-15/h1-9,18H. The van der Waals surface area contributed by atoms with E-state index in [0.717, 1.165) is 4.90 Å². The number of rotatable bonds is 3. The average molecular weight is 298 g/mol. The summed E-state index contributed by atoms with van der Waals surface area (Å²) in [5.41, 5.74) is 0.329. The van der Waals surface area contributed by atoms with Gasteiger partial charge in [0.2, 0.25) is 0 Å². The van der Waals surface area contributed by atoms with Crippen molar-refractivity contribution in [3.05, 3.63) is 64.8 Å². The average Bonchev–Trinajstić information content (AvgIpc) is 2.49. The first-order chi connectivity index (χ1) is 10.2. The molecule has 104 valence electrons. The van der Waals surface area contributed by atoms with Gasteiger partial charge in [-0.1, -0.05) is 23.9 Å². The number of nitrogens with zero attached hydrogens (tertiary/aromatic N) is 2. The summed E-state index contributed by atoms with van der Waals surface area (Å²) in [5.74, 6) is 0.179. The Morgan fingerprint density at radius 2 is 1.86 bits per heavy atom. The zero-order chi connectivity index (χ0) is 14.8. The fraction of sp³-hybridized carbons (Fsp3) is 0. The molecule has 5 nitrogen and oxygen atoms in total. The topological polar surface area (TPSA) is 76.3 Å². The number of phenols is 1. The largest absolute Gasteiger partial charge is 0.507 e. The number of aromatic hydroxyl groups is 1. The van der Waals surface area contributed by atoms with Crippen molar-refractivity contribution in [2.24, 2.45) is 0 Å². The number of para-hydroxylation sites is 1. The second-order valence-electron chi connectivity index (χ2n) is 4.31. The van der Waals surface area contributed by atoms with E-state index >= 15 is 0 Å². The molecular weight excluding hydrogens is 288 g/mol. The summed E-state index contributed by atoms with van der Waals surface area (Å²) >= 11 is 1.35. The van der Waals surface area contributed by atoms with Crippen molar-refractivity contribution < 1.29 is 10.0 Å². The number of benzene rings is 2. The van der Waals surface area contributed by atoms with Gasteiger partial charge in [0, 0.05) is 22.5 Å². The number of nitro groups is 1. The van der Waals surface area contributed by atoms with E-state index in [2.05, 4.69) is 4.98 Å². The first-order valence-corrected chi connectivity index (χ1v) is 6.96. The van der Waals surface area contributed by atoms with Gasteiger partial charge in [0.05, 0.1) is 9.82 Å². The molecule has 0 spiro atoms. The van der Waals surface area contributed by atoms with E-state index in [-0.39, 0.29) is 11.4 Å². The van der Waals surface area contributed by atoms with Gasteiger partial charge in [-0.25, -0.2) is 4.98 Å². The van der Waals surface area contributed by atoms with Gasteiger partial charge in [-0.2, -0.15) is 0 Å². The molecule has 6 heteroatoms. The first kappa shape index (κ1) is 13.4. The molecule has 0 bridgehead atoms. The van der Waals surface area contributed by atoms with Crippen LogP contribution in [0.2, 0.25) is 0 Å². The Morgan fingerprint density at radius 3 is 2.62 bits per heavy atom. The molecule has 0 fully saturated rings. The van der Waals surface area contributed by atoms with Gasteiger partial charge in [-0.05, 0) is 30.3 Å². The Morgan fingerprint density at radius 1 is 1.05 bits per heavy atom. The van der Waals surface area contributed by atoms with Crippen LogP contribution in [0.4, 0.5) is 5.69 Å². The molecule has 0 aliphatic heterocycles. The third kappa shape index (κ3) is 2.53. The number of pyridine rings is 1. The molecule has 0 aliphatic rings. The molecule has 1 heterocycles. The van der Waals surface area contributed by atoms with E-state index in [9.17, 15) is 15.2 Å². The van der Waals surface area contributed by atoms with E-state index in [1.54, 1.807) is 36.4 Å². The summed E-state index contributed by atoms with van der Waals surface area (Å²) in [6.07, 6.45) is 1.53. The van der Waals surface area contributed by atoms with E-state index < -0.39 is 4.92 Å². The zero-order valence-electron chi connectivity index (χ0n) is 10.8. The minimum absolute atomic E-state index is 0.0211. The van der Waals surface area contributed by atoms with Gasteiger partial charge < -0.3 is 5.11 Å². The molecule has 3 rings (SSSR count). The minimum atomic E-state index is -0.441. The quantitative estimate of drug-likeness (QED) is 0.584. The summed E-state index contributed by atoms with van der Waals surface area (Å²) in [6.45, 7) is 0. The highest BCUT2D eigenvalue weighted by molar-refractivity contribution is 7.99. The Hall–Kier alpha value is -2.60. The van der Waals surface area contributed by atoms with Crippen LogP contribution >= 0.6 is 11.8 Å². The van der Waals surface area contributed by atoms with Crippen LogP contribution in [-0.2, 0) is 0 Å². The molecule has 0 amide bonds. The number of phenolic OH excluding ortho intramolecular Hbond substituents is 1. The third-order valence-electron chi connectivity index (χ3n) is 2.99. The zero-order valence-corrected chi connectivity index (χ0v) is 11.6. The Balaban J connectivity index is 2.14. The monoisotopic (exact) mass is 298 g/mol. The lowest BCUT2D eigenvalue weighted by molar-refractivity contribution is -0.383. The lowest BCUT2D eigenvalue weighted by atomic mass is 10.2. The normalized spacial score (nSPS) is 10.7. The molecule has 0 radical (unpaired) electrons. The van der Waals surface area contributed by atoms with Crippen LogP contribution in [0, 0.1) is 10.1 Å². The fourth-order valence-electron chi connectivity index (χ4n) is 2.03. The number of nitro benzene ring substituents is 1. The number of hydrogen-bond acceptors (Lipinski definition) is 5. The molecular formula is C15H10N2O3S. The molecule has 2 aromatic carbocycles.